The zero-order valence-corrected chi connectivity index (χ0v) is 24.6. The first-order valence-electron chi connectivity index (χ1n) is 15.0. The highest BCUT2D eigenvalue weighted by molar-refractivity contribution is 6.24. The smallest absolute Gasteiger partial charge is 0.246 e. The first-order chi connectivity index (χ1) is 19.9. The fourth-order valence-electron chi connectivity index (χ4n) is 8.03. The van der Waals surface area contributed by atoms with Crippen LogP contribution in [0.25, 0.3) is 0 Å². The van der Waals surface area contributed by atoms with Gasteiger partial charge in [-0.25, -0.2) is 0 Å². The van der Waals surface area contributed by atoms with E-state index in [4.69, 9.17) is 16.3 Å². The van der Waals surface area contributed by atoms with Crippen molar-refractivity contribution < 1.29 is 14.3 Å². The number of rotatable bonds is 6. The molecule has 1 aromatic rings. The van der Waals surface area contributed by atoms with Gasteiger partial charge in [0.25, 0.3) is 0 Å². The Balaban J connectivity index is 1.25. The Kier molecular flexibility index (Phi) is 8.25. The van der Waals surface area contributed by atoms with Crippen LogP contribution >= 0.6 is 11.6 Å². The lowest BCUT2D eigenvalue weighted by Gasteiger charge is -2.54. The molecule has 9 nitrogen and oxygen atoms in total. The van der Waals surface area contributed by atoms with E-state index in [1.807, 2.05) is 12.1 Å². The third-order valence-electron chi connectivity index (χ3n) is 10.3. The molecule has 10 heteroatoms. The summed E-state index contributed by atoms with van der Waals surface area (Å²) in [7, 11) is 2.13. The van der Waals surface area contributed by atoms with Gasteiger partial charge in [0.15, 0.2) is 12.1 Å². The molecule has 0 aromatic heterocycles. The Morgan fingerprint density at radius 3 is 2.80 bits per heavy atom. The van der Waals surface area contributed by atoms with Gasteiger partial charge in [0.2, 0.25) is 5.91 Å². The molecule has 2 N–H and O–H groups in total. The Morgan fingerprint density at radius 2 is 2.07 bits per heavy atom. The Bertz CT molecular complexity index is 1220. The van der Waals surface area contributed by atoms with Crippen molar-refractivity contribution in [3.63, 3.8) is 0 Å². The van der Waals surface area contributed by atoms with Crippen LogP contribution in [0.5, 0.6) is 0 Å². The lowest BCUT2D eigenvalue weighted by Crippen LogP contribution is -2.74. The van der Waals surface area contributed by atoms with Crippen molar-refractivity contribution in [3.8, 4) is 6.07 Å². The van der Waals surface area contributed by atoms with Gasteiger partial charge < -0.3 is 14.5 Å². The van der Waals surface area contributed by atoms with Gasteiger partial charge in [-0.05, 0) is 62.9 Å². The number of ether oxygens (including phenoxy) is 1. The molecule has 2 aliphatic carbocycles. The normalized spacial score (nSPS) is 37.5. The first kappa shape index (κ1) is 28.8. The van der Waals surface area contributed by atoms with Crippen LogP contribution in [0, 0.1) is 22.7 Å². The van der Waals surface area contributed by atoms with Crippen LogP contribution in [0.1, 0.15) is 48.6 Å². The number of hydrogen-bond donors (Lipinski definition) is 2. The molecule has 1 aromatic carbocycles. The average molecular weight is 581 g/mol. The fraction of sp³-hybridized carbons (Fsp3) is 0.645. The van der Waals surface area contributed by atoms with E-state index in [1.54, 1.807) is 4.90 Å². The predicted molar refractivity (Wildman–Crippen MR) is 156 cm³/mol. The first-order valence-corrected chi connectivity index (χ1v) is 15.4. The monoisotopic (exact) mass is 580 g/mol. The summed E-state index contributed by atoms with van der Waals surface area (Å²) < 4.78 is 6.44. The van der Waals surface area contributed by atoms with Crippen LogP contribution in [-0.4, -0.2) is 96.9 Å². The second-order valence-electron chi connectivity index (χ2n) is 12.5. The van der Waals surface area contributed by atoms with Crippen LogP contribution in [0.3, 0.4) is 0 Å². The fourth-order valence-corrected chi connectivity index (χ4v) is 8.54. The summed E-state index contributed by atoms with van der Waals surface area (Å²) in [5, 5.41) is 16.4. The highest BCUT2D eigenvalue weighted by Gasteiger charge is 2.59. The van der Waals surface area contributed by atoms with E-state index in [-0.39, 0.29) is 41.6 Å². The maximum absolute atomic E-state index is 14.5. The molecular formula is C31H41ClN6O3. The number of carbonyl (C=O) groups excluding carboxylic acids is 2. The number of alkyl halides is 1. The Labute approximate surface area is 247 Å². The van der Waals surface area contributed by atoms with E-state index >= 15 is 0 Å². The molecule has 4 fully saturated rings. The number of nitrogens with one attached hydrogen (secondary N) is 2. The van der Waals surface area contributed by atoms with Crippen LogP contribution in [0.15, 0.2) is 36.9 Å². The number of nitriles is 1. The zero-order valence-electron chi connectivity index (χ0n) is 23.8. The molecule has 3 aliphatic heterocycles. The van der Waals surface area contributed by atoms with Gasteiger partial charge in [0.1, 0.15) is 0 Å². The number of likely N-dealkylation sites (N-methyl/N-ethyl adjacent to an activating group) is 1. The lowest BCUT2D eigenvalue weighted by atomic mass is 9.63. The van der Waals surface area contributed by atoms with Gasteiger partial charge in [-0.3, -0.25) is 25.1 Å². The SMILES string of the molecule is C=CC(=O)N1CCN(C2NC(OCC3CCCN3C)NC3C(=O)[C@@]4(CCC32)Cc2ccccc2C4Cl)CC1CC#N. The minimum atomic E-state index is -0.629. The molecule has 0 bridgehead atoms. The topological polar surface area (TPSA) is 101 Å². The summed E-state index contributed by atoms with van der Waals surface area (Å²) in [5.74, 6) is 0.0443. The molecule has 220 valence electrons. The number of likely N-dealkylation sites (tertiary alicyclic amines) is 1. The molecule has 3 saturated heterocycles. The molecule has 0 radical (unpaired) electrons. The zero-order chi connectivity index (χ0) is 28.7. The van der Waals surface area contributed by atoms with Gasteiger partial charge in [-0.1, -0.05) is 30.8 Å². The predicted octanol–water partition coefficient (Wildman–Crippen LogP) is 2.38. The molecular weight excluding hydrogens is 540 g/mol. The van der Waals surface area contributed by atoms with E-state index in [0.717, 1.165) is 37.8 Å². The van der Waals surface area contributed by atoms with Crippen molar-refractivity contribution >= 4 is 23.3 Å². The second kappa shape index (κ2) is 11.8. The van der Waals surface area contributed by atoms with Gasteiger partial charge >= 0.3 is 0 Å². The number of nitrogens with zero attached hydrogens (tertiary/aromatic N) is 4. The maximum atomic E-state index is 14.5. The van der Waals surface area contributed by atoms with E-state index in [1.165, 1.54) is 11.6 Å². The summed E-state index contributed by atoms with van der Waals surface area (Å²) >= 11 is 7.11. The molecule has 7 unspecified atom stereocenters. The number of ketones is 1. The number of benzene rings is 1. The summed E-state index contributed by atoms with van der Waals surface area (Å²) in [6, 6.07) is 10.2. The molecule has 6 rings (SSSR count). The molecule has 1 spiro atoms. The van der Waals surface area contributed by atoms with Crippen molar-refractivity contribution in [2.75, 3.05) is 39.8 Å². The van der Waals surface area contributed by atoms with E-state index in [9.17, 15) is 14.9 Å². The van der Waals surface area contributed by atoms with E-state index < -0.39 is 17.8 Å². The molecule has 1 amide bonds. The summed E-state index contributed by atoms with van der Waals surface area (Å²) in [5.41, 5.74) is 1.62. The molecule has 3 heterocycles. The van der Waals surface area contributed by atoms with Crippen molar-refractivity contribution in [3.05, 3.63) is 48.0 Å². The molecule has 1 saturated carbocycles. The highest BCUT2D eigenvalue weighted by atomic mass is 35.5. The minimum absolute atomic E-state index is 0.0131. The third-order valence-corrected chi connectivity index (χ3v) is 11.0. The maximum Gasteiger partial charge on any atom is 0.246 e. The van der Waals surface area contributed by atoms with Gasteiger partial charge in [-0.15, -0.1) is 11.6 Å². The lowest BCUT2D eigenvalue weighted by molar-refractivity contribution is -0.152. The van der Waals surface area contributed by atoms with Crippen LogP contribution in [-0.2, 0) is 20.7 Å². The van der Waals surface area contributed by atoms with Crippen molar-refractivity contribution in [2.45, 2.75) is 74.5 Å². The standard InChI is InChI=1S/C31H41ClN6O3/c1-3-25(39)38-16-15-37(18-21(38)11-13-33)29-24-10-12-31(17-20-7-4-5-9-23(20)27(31)32)28(40)26(24)34-30(35-29)41-19-22-8-6-14-36(22)2/h3-5,7,9,21-22,24,26-27,29-30,34-35H,1,6,8,10-12,14-19H2,2H3/t21?,22?,24?,26?,27?,29?,30?,31-/m0/s1. The van der Waals surface area contributed by atoms with E-state index in [2.05, 4.69) is 52.3 Å². The quantitative estimate of drug-likeness (QED) is 0.391. The second-order valence-corrected chi connectivity index (χ2v) is 12.9. The van der Waals surface area contributed by atoms with Gasteiger partial charge in [0.05, 0.1) is 48.1 Å². The van der Waals surface area contributed by atoms with Crippen molar-refractivity contribution in [1.29, 1.82) is 5.26 Å². The van der Waals surface area contributed by atoms with Gasteiger partial charge in [0, 0.05) is 31.6 Å². The van der Waals surface area contributed by atoms with Crippen molar-refractivity contribution in [2.24, 2.45) is 11.3 Å². The molecule has 8 atom stereocenters. The minimum Gasteiger partial charge on any atom is -0.348 e. The number of halogens is 1. The van der Waals surface area contributed by atoms with Gasteiger partial charge in [-0.2, -0.15) is 5.26 Å². The highest BCUT2D eigenvalue weighted by Crippen LogP contribution is 2.56. The largest absolute Gasteiger partial charge is 0.348 e. The number of Topliss-reactive ketones (excluding diaryl/α,β-unsaturated/α-hetero) is 1. The van der Waals surface area contributed by atoms with Crippen molar-refractivity contribution in [1.82, 2.24) is 25.3 Å². The molecule has 5 aliphatic rings. The number of amides is 1. The van der Waals surface area contributed by atoms with Crippen LogP contribution in [0.4, 0.5) is 0 Å². The third kappa shape index (κ3) is 5.13. The molecule has 41 heavy (non-hydrogen) atoms. The number of carbonyl (C=O) groups is 2. The van der Waals surface area contributed by atoms with E-state index in [0.29, 0.717) is 38.7 Å². The number of hydrogen-bond acceptors (Lipinski definition) is 8. The summed E-state index contributed by atoms with van der Waals surface area (Å²) in [4.78, 5) is 33.5. The number of fused-ring (bicyclic) bond motifs is 2. The number of piperazine rings is 1. The van der Waals surface area contributed by atoms with Crippen LogP contribution < -0.4 is 10.6 Å². The summed E-state index contributed by atoms with van der Waals surface area (Å²) in [6.07, 6.45) is 5.45. The Morgan fingerprint density at radius 1 is 1.24 bits per heavy atom. The van der Waals surface area contributed by atoms with Crippen LogP contribution in [0.2, 0.25) is 0 Å². The Hall–Kier alpha value is -2.32. The average Bonchev–Trinajstić information content (AvgIpc) is 3.53. The summed E-state index contributed by atoms with van der Waals surface area (Å²) in [6.45, 7) is 7.00.